The predicted octanol–water partition coefficient (Wildman–Crippen LogP) is 3.87. The first-order valence-electron chi connectivity index (χ1n) is 5.31. The normalized spacial score (nSPS) is 12.2. The van der Waals surface area contributed by atoms with Crippen LogP contribution in [0.2, 0.25) is 0 Å². The highest BCUT2D eigenvalue weighted by atomic mass is 79.9. The average molecular weight is 338 g/mol. The summed E-state index contributed by atoms with van der Waals surface area (Å²) >= 11 is 3.17. The van der Waals surface area contributed by atoms with Gasteiger partial charge in [0, 0.05) is 10.2 Å². The van der Waals surface area contributed by atoms with Gasteiger partial charge in [-0.2, -0.15) is 13.2 Å². The minimum atomic E-state index is -4.67. The molecule has 0 spiro atoms. The Kier molecular flexibility index (Phi) is 5.41. The van der Waals surface area contributed by atoms with Crippen molar-refractivity contribution in [3.63, 3.8) is 0 Å². The van der Waals surface area contributed by atoms with E-state index in [0.717, 1.165) is 4.47 Å². The minimum absolute atomic E-state index is 0.0127. The van der Waals surface area contributed by atoms with Crippen LogP contribution < -0.4 is 5.32 Å². The Morgan fingerprint density at radius 1 is 1.37 bits per heavy atom. The molecule has 0 atom stereocenters. The van der Waals surface area contributed by atoms with Crippen LogP contribution >= 0.6 is 15.9 Å². The lowest BCUT2D eigenvalue weighted by Crippen LogP contribution is -2.21. The Morgan fingerprint density at radius 2 is 1.95 bits per heavy atom. The van der Waals surface area contributed by atoms with Crippen molar-refractivity contribution in [3.8, 4) is 0 Å². The number of carbonyl (C=O) groups is 1. The van der Waals surface area contributed by atoms with Gasteiger partial charge in [-0.05, 0) is 31.2 Å². The Hall–Kier alpha value is -1.50. The van der Waals surface area contributed by atoms with Crippen LogP contribution in [0, 0.1) is 0 Å². The standard InChI is InChI=1S/C12H11BrF3NO2/c1-2-19-11(18)7-10(12(14,15)16)17-9-5-3-8(13)4-6-9/h3-7,17H,2H2,1H3/b10-7+. The molecule has 1 rings (SSSR count). The summed E-state index contributed by atoms with van der Waals surface area (Å²) in [4.78, 5) is 11.1. The molecule has 3 nitrogen and oxygen atoms in total. The van der Waals surface area contributed by atoms with Gasteiger partial charge >= 0.3 is 12.1 Å². The molecule has 0 aliphatic rings. The number of hydrogen-bond donors (Lipinski definition) is 1. The fourth-order valence-electron chi connectivity index (χ4n) is 1.18. The zero-order valence-electron chi connectivity index (χ0n) is 9.92. The molecule has 1 aromatic carbocycles. The molecule has 0 heterocycles. The van der Waals surface area contributed by atoms with E-state index in [1.807, 2.05) is 0 Å². The maximum Gasteiger partial charge on any atom is 0.431 e. The van der Waals surface area contributed by atoms with Crippen LogP contribution in [-0.4, -0.2) is 18.8 Å². The van der Waals surface area contributed by atoms with Gasteiger partial charge in [0.1, 0.15) is 5.70 Å². The van der Waals surface area contributed by atoms with Crippen molar-refractivity contribution in [1.82, 2.24) is 0 Å². The Morgan fingerprint density at radius 3 is 2.42 bits per heavy atom. The van der Waals surface area contributed by atoms with Crippen molar-refractivity contribution in [2.75, 3.05) is 11.9 Å². The summed E-state index contributed by atoms with van der Waals surface area (Å²) in [7, 11) is 0. The summed E-state index contributed by atoms with van der Waals surface area (Å²) in [5.41, 5.74) is -0.954. The second-order valence-electron chi connectivity index (χ2n) is 3.44. The van der Waals surface area contributed by atoms with Gasteiger partial charge in [0.15, 0.2) is 0 Å². The third-order valence-corrected chi connectivity index (χ3v) is 2.51. The first-order valence-corrected chi connectivity index (χ1v) is 6.10. The lowest BCUT2D eigenvalue weighted by Gasteiger charge is -2.14. The summed E-state index contributed by atoms with van der Waals surface area (Å²) < 4.78 is 43.4. The molecule has 7 heteroatoms. The van der Waals surface area contributed by atoms with E-state index in [1.54, 1.807) is 12.1 Å². The Bertz CT molecular complexity index is 469. The predicted molar refractivity (Wildman–Crippen MR) is 68.5 cm³/mol. The third kappa shape index (κ3) is 5.34. The van der Waals surface area contributed by atoms with Gasteiger partial charge in [0.25, 0.3) is 0 Å². The fourth-order valence-corrected chi connectivity index (χ4v) is 1.44. The highest BCUT2D eigenvalue weighted by Crippen LogP contribution is 2.27. The molecule has 0 unspecified atom stereocenters. The van der Waals surface area contributed by atoms with Gasteiger partial charge in [-0.15, -0.1) is 0 Å². The molecule has 0 radical (unpaired) electrons. The van der Waals surface area contributed by atoms with Crippen molar-refractivity contribution < 1.29 is 22.7 Å². The summed E-state index contributed by atoms with van der Waals surface area (Å²) in [6.45, 7) is 1.53. The third-order valence-electron chi connectivity index (χ3n) is 1.98. The molecule has 0 saturated heterocycles. The Labute approximate surface area is 116 Å². The number of halogens is 4. The van der Waals surface area contributed by atoms with Crippen LogP contribution in [0.4, 0.5) is 18.9 Å². The summed E-state index contributed by atoms with van der Waals surface area (Å²) in [6, 6.07) is 6.07. The van der Waals surface area contributed by atoms with E-state index in [0.29, 0.717) is 6.08 Å². The van der Waals surface area contributed by atoms with E-state index < -0.39 is 17.8 Å². The molecular weight excluding hydrogens is 327 g/mol. The maximum absolute atomic E-state index is 12.7. The van der Waals surface area contributed by atoms with E-state index in [2.05, 4.69) is 26.0 Å². The van der Waals surface area contributed by atoms with E-state index in [-0.39, 0.29) is 12.3 Å². The summed E-state index contributed by atoms with van der Waals surface area (Å²) in [5.74, 6) is -1.04. The molecule has 0 aromatic heterocycles. The SMILES string of the molecule is CCOC(=O)/C=C(/Nc1ccc(Br)cc1)C(F)(F)F. The molecular formula is C12H11BrF3NO2. The van der Waals surface area contributed by atoms with Crippen LogP contribution in [0.1, 0.15) is 6.92 Å². The van der Waals surface area contributed by atoms with Crippen LogP contribution in [0.15, 0.2) is 40.5 Å². The first-order chi connectivity index (χ1) is 8.82. The quantitative estimate of drug-likeness (QED) is 0.669. The number of hydrogen-bond acceptors (Lipinski definition) is 3. The average Bonchev–Trinajstić information content (AvgIpc) is 2.30. The maximum atomic E-state index is 12.7. The second kappa shape index (κ2) is 6.60. The van der Waals surface area contributed by atoms with Crippen molar-refractivity contribution in [3.05, 3.63) is 40.5 Å². The molecule has 0 bridgehead atoms. The largest absolute Gasteiger partial charge is 0.463 e. The molecule has 0 aliphatic heterocycles. The van der Waals surface area contributed by atoms with Gasteiger partial charge in [-0.3, -0.25) is 0 Å². The van der Waals surface area contributed by atoms with E-state index in [9.17, 15) is 18.0 Å². The molecule has 0 fully saturated rings. The van der Waals surface area contributed by atoms with Gasteiger partial charge in [-0.1, -0.05) is 15.9 Å². The molecule has 1 aromatic rings. The molecule has 0 amide bonds. The number of alkyl halides is 3. The number of esters is 1. The summed E-state index contributed by atoms with van der Waals surface area (Å²) in [6.07, 6.45) is -4.27. The van der Waals surface area contributed by atoms with Crippen molar-refractivity contribution in [2.45, 2.75) is 13.1 Å². The number of allylic oxidation sites excluding steroid dienone is 1. The van der Waals surface area contributed by atoms with Crippen molar-refractivity contribution in [1.29, 1.82) is 0 Å². The molecule has 1 N–H and O–H groups in total. The number of nitrogens with one attached hydrogen (secondary N) is 1. The lowest BCUT2D eigenvalue weighted by molar-refractivity contribution is -0.138. The fraction of sp³-hybridized carbons (Fsp3) is 0.250. The second-order valence-corrected chi connectivity index (χ2v) is 4.36. The zero-order chi connectivity index (χ0) is 14.5. The van der Waals surface area contributed by atoms with E-state index in [4.69, 9.17) is 0 Å². The van der Waals surface area contributed by atoms with Gasteiger partial charge in [0.2, 0.25) is 0 Å². The molecule has 104 valence electrons. The first kappa shape index (κ1) is 15.6. The summed E-state index contributed by atoms with van der Waals surface area (Å²) in [5, 5.41) is 2.15. The van der Waals surface area contributed by atoms with Crippen LogP contribution in [0.25, 0.3) is 0 Å². The molecule has 0 saturated carbocycles. The van der Waals surface area contributed by atoms with Crippen LogP contribution in [0.5, 0.6) is 0 Å². The van der Waals surface area contributed by atoms with E-state index >= 15 is 0 Å². The topological polar surface area (TPSA) is 38.3 Å². The molecule has 19 heavy (non-hydrogen) atoms. The van der Waals surface area contributed by atoms with E-state index in [1.165, 1.54) is 19.1 Å². The van der Waals surface area contributed by atoms with Crippen molar-refractivity contribution in [2.24, 2.45) is 0 Å². The minimum Gasteiger partial charge on any atom is -0.463 e. The van der Waals surface area contributed by atoms with Crippen LogP contribution in [0.3, 0.4) is 0 Å². The Balaban J connectivity index is 2.93. The van der Waals surface area contributed by atoms with Crippen molar-refractivity contribution >= 4 is 27.6 Å². The zero-order valence-corrected chi connectivity index (χ0v) is 11.5. The lowest BCUT2D eigenvalue weighted by atomic mass is 10.3. The van der Waals surface area contributed by atoms with Crippen LogP contribution in [-0.2, 0) is 9.53 Å². The number of ether oxygens (including phenoxy) is 1. The van der Waals surface area contributed by atoms with Gasteiger partial charge in [0.05, 0.1) is 12.7 Å². The number of anilines is 1. The van der Waals surface area contributed by atoms with Gasteiger partial charge in [-0.25, -0.2) is 4.79 Å². The molecule has 0 aliphatic carbocycles. The number of rotatable bonds is 4. The highest BCUT2D eigenvalue weighted by molar-refractivity contribution is 9.10. The monoisotopic (exact) mass is 337 g/mol. The van der Waals surface area contributed by atoms with Gasteiger partial charge < -0.3 is 10.1 Å². The number of benzene rings is 1. The smallest absolute Gasteiger partial charge is 0.431 e. The number of carbonyl (C=O) groups excluding carboxylic acids is 1. The highest BCUT2D eigenvalue weighted by Gasteiger charge is 2.34.